The molecule has 4 heterocycles. The van der Waals surface area contributed by atoms with Crippen LogP contribution >= 0.6 is 23.2 Å². The average molecular weight is 567 g/mol. The molecule has 0 saturated carbocycles. The number of nitrogens with zero attached hydrogens (tertiary/aromatic N) is 4. The topological polar surface area (TPSA) is 111 Å². The molecule has 0 aliphatic carbocycles. The minimum atomic E-state index is -0.943. The number of benzene rings is 1. The van der Waals surface area contributed by atoms with Crippen LogP contribution in [0.25, 0.3) is 16.9 Å². The van der Waals surface area contributed by atoms with Crippen molar-refractivity contribution >= 4 is 46.2 Å². The highest BCUT2D eigenvalue weighted by atomic mass is 35.5. The van der Waals surface area contributed by atoms with Gasteiger partial charge in [-0.2, -0.15) is 0 Å². The lowest BCUT2D eigenvalue weighted by atomic mass is 10.0. The van der Waals surface area contributed by atoms with E-state index in [1.165, 1.54) is 12.4 Å². The molecule has 0 unspecified atom stereocenters. The zero-order chi connectivity index (χ0) is 27.4. The molecule has 2 N–H and O–H groups in total. The first-order chi connectivity index (χ1) is 19.0. The predicted molar refractivity (Wildman–Crippen MR) is 149 cm³/mol. The Bertz CT molecular complexity index is 1460. The molecule has 3 aromatic heterocycles. The Morgan fingerprint density at radius 1 is 1.15 bits per heavy atom. The molecule has 11 heteroatoms. The number of carbonyl (C=O) groups excluding carboxylic acids is 2. The number of piperidine rings is 1. The highest BCUT2D eigenvalue weighted by Gasteiger charge is 2.26. The highest BCUT2D eigenvalue weighted by molar-refractivity contribution is 6.39. The Kier molecular flexibility index (Phi) is 8.40. The second-order valence-electron chi connectivity index (χ2n) is 9.28. The van der Waals surface area contributed by atoms with E-state index in [-0.39, 0.29) is 34.7 Å². The van der Waals surface area contributed by atoms with Crippen LogP contribution in [0.1, 0.15) is 54.0 Å². The van der Waals surface area contributed by atoms with Crippen molar-refractivity contribution in [2.24, 2.45) is 0 Å². The van der Waals surface area contributed by atoms with E-state index in [4.69, 9.17) is 32.9 Å². The number of carbonyl (C=O) groups is 2. The third-order valence-corrected chi connectivity index (χ3v) is 7.23. The molecule has 202 valence electrons. The summed E-state index contributed by atoms with van der Waals surface area (Å²) in [6.45, 7) is 2.85. The Morgan fingerprint density at radius 3 is 2.62 bits per heavy atom. The third kappa shape index (κ3) is 5.90. The number of amides is 1. The van der Waals surface area contributed by atoms with Gasteiger partial charge in [-0.1, -0.05) is 41.8 Å². The summed E-state index contributed by atoms with van der Waals surface area (Å²) in [5.74, 6) is -0.201. The zero-order valence-corrected chi connectivity index (χ0v) is 22.9. The minimum Gasteiger partial charge on any atom is -0.464 e. The zero-order valence-electron chi connectivity index (χ0n) is 21.4. The lowest BCUT2D eigenvalue weighted by Gasteiger charge is -2.24. The molecule has 9 nitrogen and oxygen atoms in total. The van der Waals surface area contributed by atoms with Gasteiger partial charge in [-0.25, -0.2) is 14.8 Å². The van der Waals surface area contributed by atoms with E-state index in [0.717, 1.165) is 54.0 Å². The van der Waals surface area contributed by atoms with Crippen molar-refractivity contribution in [2.45, 2.75) is 44.7 Å². The van der Waals surface area contributed by atoms with E-state index >= 15 is 0 Å². The normalized spacial score (nSPS) is 16.1. The van der Waals surface area contributed by atoms with Gasteiger partial charge >= 0.3 is 5.97 Å². The van der Waals surface area contributed by atoms with Gasteiger partial charge in [0.25, 0.3) is 5.91 Å². The second-order valence-corrected chi connectivity index (χ2v) is 10.1. The van der Waals surface area contributed by atoms with E-state index in [1.807, 2.05) is 36.4 Å². The largest absolute Gasteiger partial charge is 0.464 e. The number of hydrogen-bond donors (Lipinski definition) is 2. The van der Waals surface area contributed by atoms with Crippen molar-refractivity contribution in [3.63, 3.8) is 0 Å². The van der Waals surface area contributed by atoms with Crippen LogP contribution in [0.2, 0.25) is 10.0 Å². The van der Waals surface area contributed by atoms with Crippen LogP contribution in [0.15, 0.2) is 55.0 Å². The van der Waals surface area contributed by atoms with Crippen molar-refractivity contribution < 1.29 is 14.3 Å². The quantitative estimate of drug-likeness (QED) is 0.293. The Labute approximate surface area is 235 Å². The molecule has 1 aliphatic rings. The molecular weight excluding hydrogens is 539 g/mol. The summed E-state index contributed by atoms with van der Waals surface area (Å²) in [6.07, 6.45) is 7.93. The second kappa shape index (κ2) is 12.1. The first-order valence-corrected chi connectivity index (χ1v) is 13.6. The molecule has 1 aromatic carbocycles. The predicted octanol–water partition coefficient (Wildman–Crippen LogP) is 4.84. The Balaban J connectivity index is 1.41. The van der Waals surface area contributed by atoms with Crippen LogP contribution in [0.3, 0.4) is 0 Å². The van der Waals surface area contributed by atoms with Crippen molar-refractivity contribution in [1.29, 1.82) is 0 Å². The first-order valence-electron chi connectivity index (χ1n) is 12.9. The number of ether oxygens (including phenoxy) is 1. The maximum atomic E-state index is 13.0. The highest BCUT2D eigenvalue weighted by Crippen LogP contribution is 2.29. The number of fused-ring (bicyclic) bond motifs is 1. The SMILES string of the molecule is CCOC(=O)[C@H](Cc1ccc(-n2c([C@@H]3CCCCN3)nc3cccnc32)cc1)NC(=O)c1c(Cl)cncc1Cl. The molecular formula is C28H28Cl2N6O3. The number of esters is 1. The van der Waals surface area contributed by atoms with Gasteiger partial charge in [0.15, 0.2) is 5.65 Å². The number of pyridine rings is 2. The van der Waals surface area contributed by atoms with E-state index < -0.39 is 17.9 Å². The number of rotatable bonds is 8. The Morgan fingerprint density at radius 2 is 1.92 bits per heavy atom. The maximum absolute atomic E-state index is 13.0. The van der Waals surface area contributed by atoms with E-state index in [1.54, 1.807) is 13.1 Å². The smallest absolute Gasteiger partial charge is 0.328 e. The molecule has 0 bridgehead atoms. The summed E-state index contributed by atoms with van der Waals surface area (Å²) in [4.78, 5) is 39.1. The fraction of sp³-hybridized carbons (Fsp3) is 0.321. The molecule has 1 amide bonds. The van der Waals surface area contributed by atoms with Gasteiger partial charge in [-0.05, 0) is 56.1 Å². The molecule has 0 radical (unpaired) electrons. The van der Waals surface area contributed by atoms with E-state index in [2.05, 4.69) is 25.2 Å². The van der Waals surface area contributed by atoms with Crippen LogP contribution < -0.4 is 10.6 Å². The van der Waals surface area contributed by atoms with Gasteiger partial charge in [0.2, 0.25) is 0 Å². The van der Waals surface area contributed by atoms with Crippen LogP contribution in [0.5, 0.6) is 0 Å². The van der Waals surface area contributed by atoms with E-state index in [9.17, 15) is 9.59 Å². The van der Waals surface area contributed by atoms with Gasteiger partial charge in [-0.3, -0.25) is 14.3 Å². The number of halogens is 2. The monoisotopic (exact) mass is 566 g/mol. The van der Waals surface area contributed by atoms with Crippen molar-refractivity contribution in [3.8, 4) is 5.69 Å². The van der Waals surface area contributed by atoms with Crippen molar-refractivity contribution in [3.05, 3.63) is 82.0 Å². The molecule has 4 aromatic rings. The van der Waals surface area contributed by atoms with Crippen LogP contribution in [0, 0.1) is 0 Å². The van der Waals surface area contributed by atoms with E-state index in [0.29, 0.717) is 0 Å². The van der Waals surface area contributed by atoms with Crippen LogP contribution in [-0.2, 0) is 16.0 Å². The molecule has 39 heavy (non-hydrogen) atoms. The Hall–Kier alpha value is -3.53. The molecule has 2 atom stereocenters. The molecule has 0 spiro atoms. The standard InChI is InChI=1S/C28H28Cl2N6O3/c1-2-39-28(38)23(35-27(37)24-19(29)15-31-16-20(24)30)14-17-8-10-18(11-9-17)36-25-22(7-5-13-33-25)34-26(36)21-6-3-4-12-32-21/h5,7-11,13,15-16,21,23,32H,2-4,6,12,14H2,1H3,(H,35,37)/t21-,23-/m0/s1. The number of imidazole rings is 1. The molecule has 5 rings (SSSR count). The number of hydrogen-bond acceptors (Lipinski definition) is 7. The lowest BCUT2D eigenvalue weighted by molar-refractivity contribution is -0.145. The third-order valence-electron chi connectivity index (χ3n) is 6.66. The van der Waals surface area contributed by atoms with Crippen molar-refractivity contribution in [2.75, 3.05) is 13.2 Å². The maximum Gasteiger partial charge on any atom is 0.328 e. The molecule has 1 fully saturated rings. The minimum absolute atomic E-state index is 0.0568. The summed E-state index contributed by atoms with van der Waals surface area (Å²) < 4.78 is 7.31. The summed E-state index contributed by atoms with van der Waals surface area (Å²) >= 11 is 12.3. The van der Waals surface area contributed by atoms with Gasteiger partial charge in [-0.15, -0.1) is 0 Å². The summed E-state index contributed by atoms with van der Waals surface area (Å²) in [5, 5.41) is 6.49. The van der Waals surface area contributed by atoms with Gasteiger partial charge < -0.3 is 15.4 Å². The summed E-state index contributed by atoms with van der Waals surface area (Å²) in [6, 6.07) is 10.8. The number of aromatic nitrogens is 4. The summed E-state index contributed by atoms with van der Waals surface area (Å²) in [7, 11) is 0. The van der Waals surface area contributed by atoms with Crippen LogP contribution in [-0.4, -0.2) is 50.6 Å². The first kappa shape index (κ1) is 27.1. The van der Waals surface area contributed by atoms with Gasteiger partial charge in [0.1, 0.15) is 17.4 Å². The fourth-order valence-electron chi connectivity index (χ4n) is 4.80. The molecule has 1 saturated heterocycles. The van der Waals surface area contributed by atoms with Gasteiger partial charge in [0, 0.05) is 30.7 Å². The average Bonchev–Trinajstić information content (AvgIpc) is 3.33. The number of nitrogens with one attached hydrogen (secondary N) is 2. The molecule has 1 aliphatic heterocycles. The van der Waals surface area contributed by atoms with Gasteiger partial charge in [0.05, 0.1) is 28.3 Å². The van der Waals surface area contributed by atoms with Crippen molar-refractivity contribution in [1.82, 2.24) is 30.2 Å². The fourth-order valence-corrected chi connectivity index (χ4v) is 5.34. The summed E-state index contributed by atoms with van der Waals surface area (Å²) in [5.41, 5.74) is 3.42. The van der Waals surface area contributed by atoms with Crippen LogP contribution in [0.4, 0.5) is 0 Å². The lowest BCUT2D eigenvalue weighted by Crippen LogP contribution is -2.43.